The van der Waals surface area contributed by atoms with Gasteiger partial charge in [0.25, 0.3) is 0 Å². The molecule has 80 valence electrons. The lowest BCUT2D eigenvalue weighted by molar-refractivity contribution is 0.480. The Morgan fingerprint density at radius 2 is 1.93 bits per heavy atom. The number of pyridine rings is 1. The molecular formula is C12H15BrN2. The average molecular weight is 267 g/mol. The van der Waals surface area contributed by atoms with E-state index in [-0.39, 0.29) is 0 Å². The average Bonchev–Trinajstić information content (AvgIpc) is 2.93. The summed E-state index contributed by atoms with van der Waals surface area (Å²) in [7, 11) is 0. The van der Waals surface area contributed by atoms with Gasteiger partial charge in [0.2, 0.25) is 0 Å². The van der Waals surface area contributed by atoms with Crippen molar-refractivity contribution in [3.63, 3.8) is 0 Å². The van der Waals surface area contributed by atoms with E-state index in [9.17, 15) is 0 Å². The smallest absolute Gasteiger partial charge is 0.127 e. The van der Waals surface area contributed by atoms with Crippen LogP contribution in [0.3, 0.4) is 0 Å². The maximum atomic E-state index is 4.42. The monoisotopic (exact) mass is 266 g/mol. The van der Waals surface area contributed by atoms with Crippen LogP contribution in [0.5, 0.6) is 0 Å². The topological polar surface area (TPSA) is 24.9 Å². The summed E-state index contributed by atoms with van der Waals surface area (Å²) in [6, 6.07) is 6.75. The number of hydrogen-bond acceptors (Lipinski definition) is 2. The molecular weight excluding hydrogens is 252 g/mol. The van der Waals surface area contributed by atoms with Gasteiger partial charge in [0.05, 0.1) is 0 Å². The van der Waals surface area contributed by atoms with E-state index >= 15 is 0 Å². The Hall–Kier alpha value is -0.570. The van der Waals surface area contributed by atoms with Gasteiger partial charge in [-0.1, -0.05) is 18.9 Å². The van der Waals surface area contributed by atoms with Crippen molar-refractivity contribution in [1.82, 2.24) is 4.98 Å². The molecule has 2 atom stereocenters. The van der Waals surface area contributed by atoms with E-state index in [2.05, 4.69) is 32.3 Å². The summed E-state index contributed by atoms with van der Waals surface area (Å²) in [5.41, 5.74) is 0. The summed E-state index contributed by atoms with van der Waals surface area (Å²) in [5, 5.41) is 3.56. The van der Waals surface area contributed by atoms with E-state index in [1.165, 1.54) is 25.7 Å². The number of halogens is 1. The van der Waals surface area contributed by atoms with Gasteiger partial charge in [-0.05, 0) is 52.7 Å². The van der Waals surface area contributed by atoms with Crippen molar-refractivity contribution in [3.05, 3.63) is 22.8 Å². The molecule has 0 aliphatic heterocycles. The van der Waals surface area contributed by atoms with Crippen molar-refractivity contribution < 1.29 is 0 Å². The SMILES string of the molecule is Brc1cccc(NC2C3CCCCC32)n1. The van der Waals surface area contributed by atoms with Gasteiger partial charge in [-0.2, -0.15) is 0 Å². The lowest BCUT2D eigenvalue weighted by Gasteiger charge is -2.04. The Kier molecular flexibility index (Phi) is 2.43. The molecule has 2 aliphatic carbocycles. The number of aromatic nitrogens is 1. The molecule has 1 aromatic rings. The highest BCUT2D eigenvalue weighted by atomic mass is 79.9. The third-order valence-electron chi connectivity index (χ3n) is 3.69. The zero-order valence-electron chi connectivity index (χ0n) is 8.62. The lowest BCUT2D eigenvalue weighted by atomic mass is 10.0. The molecule has 0 aromatic carbocycles. The minimum absolute atomic E-state index is 0.703. The van der Waals surface area contributed by atoms with Crippen LogP contribution in [-0.2, 0) is 0 Å². The van der Waals surface area contributed by atoms with Crippen LogP contribution in [-0.4, -0.2) is 11.0 Å². The summed E-state index contributed by atoms with van der Waals surface area (Å²) in [4.78, 5) is 4.42. The summed E-state index contributed by atoms with van der Waals surface area (Å²) in [5.74, 6) is 2.88. The molecule has 1 N–H and O–H groups in total. The predicted molar refractivity (Wildman–Crippen MR) is 64.8 cm³/mol. The molecule has 1 aromatic heterocycles. The highest BCUT2D eigenvalue weighted by molar-refractivity contribution is 9.10. The first kappa shape index (κ1) is 9.64. The van der Waals surface area contributed by atoms with Crippen LogP contribution in [0, 0.1) is 11.8 Å². The zero-order chi connectivity index (χ0) is 10.3. The molecule has 15 heavy (non-hydrogen) atoms. The maximum Gasteiger partial charge on any atom is 0.127 e. The van der Waals surface area contributed by atoms with Gasteiger partial charge in [-0.3, -0.25) is 0 Å². The van der Waals surface area contributed by atoms with Crippen LogP contribution < -0.4 is 5.32 Å². The molecule has 2 saturated carbocycles. The molecule has 2 unspecified atom stereocenters. The van der Waals surface area contributed by atoms with Crippen molar-refractivity contribution >= 4 is 21.7 Å². The molecule has 0 bridgehead atoms. The largest absolute Gasteiger partial charge is 0.367 e. The van der Waals surface area contributed by atoms with Gasteiger partial charge in [0.1, 0.15) is 10.4 Å². The second-order valence-corrected chi connectivity index (χ2v) is 5.44. The fraction of sp³-hybridized carbons (Fsp3) is 0.583. The number of nitrogens with one attached hydrogen (secondary N) is 1. The summed E-state index contributed by atoms with van der Waals surface area (Å²) < 4.78 is 0.913. The molecule has 2 aliphatic rings. The molecule has 0 saturated heterocycles. The van der Waals surface area contributed by atoms with E-state index < -0.39 is 0 Å². The second-order valence-electron chi connectivity index (χ2n) is 4.63. The normalized spacial score (nSPS) is 33.3. The standard InChI is InChI=1S/C12H15BrN2/c13-10-6-3-7-11(14-10)15-12-8-4-1-2-5-9(8)12/h3,6-9,12H,1-2,4-5H2,(H,14,15). The molecule has 3 heteroatoms. The van der Waals surface area contributed by atoms with Crippen molar-refractivity contribution in [2.45, 2.75) is 31.7 Å². The molecule has 0 spiro atoms. The van der Waals surface area contributed by atoms with Crippen molar-refractivity contribution in [3.8, 4) is 0 Å². The molecule has 3 rings (SSSR count). The van der Waals surface area contributed by atoms with Crippen LogP contribution in [0.4, 0.5) is 5.82 Å². The van der Waals surface area contributed by atoms with Gasteiger partial charge in [-0.25, -0.2) is 4.98 Å². The summed E-state index contributed by atoms with van der Waals surface area (Å²) in [6.07, 6.45) is 5.67. The molecule has 0 radical (unpaired) electrons. The van der Waals surface area contributed by atoms with Crippen molar-refractivity contribution in [2.24, 2.45) is 11.8 Å². The fourth-order valence-corrected chi connectivity index (χ4v) is 3.21. The number of hydrogen-bond donors (Lipinski definition) is 1. The lowest BCUT2D eigenvalue weighted by Crippen LogP contribution is -2.06. The third-order valence-corrected chi connectivity index (χ3v) is 4.13. The van der Waals surface area contributed by atoms with E-state index in [0.717, 1.165) is 22.3 Å². The predicted octanol–water partition coefficient (Wildman–Crippen LogP) is 3.44. The Bertz CT molecular complexity index is 354. The Balaban J connectivity index is 1.67. The first-order chi connectivity index (χ1) is 7.34. The molecule has 2 nitrogen and oxygen atoms in total. The molecule has 1 heterocycles. The minimum atomic E-state index is 0.703. The summed E-state index contributed by atoms with van der Waals surface area (Å²) >= 11 is 3.40. The first-order valence-corrected chi connectivity index (χ1v) is 6.53. The first-order valence-electron chi connectivity index (χ1n) is 5.74. The number of anilines is 1. The van der Waals surface area contributed by atoms with Gasteiger partial charge < -0.3 is 5.32 Å². The second kappa shape index (κ2) is 3.78. The fourth-order valence-electron chi connectivity index (χ4n) is 2.87. The van der Waals surface area contributed by atoms with E-state index in [4.69, 9.17) is 0 Å². The maximum absolute atomic E-state index is 4.42. The third kappa shape index (κ3) is 1.89. The van der Waals surface area contributed by atoms with Crippen LogP contribution in [0.15, 0.2) is 22.8 Å². The quantitative estimate of drug-likeness (QED) is 0.830. The van der Waals surface area contributed by atoms with E-state index in [1.807, 2.05) is 12.1 Å². The molecule has 0 amide bonds. The number of rotatable bonds is 2. The van der Waals surface area contributed by atoms with Gasteiger partial charge in [0, 0.05) is 6.04 Å². The van der Waals surface area contributed by atoms with Crippen molar-refractivity contribution in [2.75, 3.05) is 5.32 Å². The van der Waals surface area contributed by atoms with Crippen LogP contribution in [0.1, 0.15) is 25.7 Å². The van der Waals surface area contributed by atoms with E-state index in [1.54, 1.807) is 0 Å². The Morgan fingerprint density at radius 1 is 1.20 bits per heavy atom. The van der Waals surface area contributed by atoms with Gasteiger partial charge in [0.15, 0.2) is 0 Å². The number of nitrogens with zero attached hydrogens (tertiary/aromatic N) is 1. The van der Waals surface area contributed by atoms with Crippen LogP contribution >= 0.6 is 15.9 Å². The summed E-state index contributed by atoms with van der Waals surface area (Å²) in [6.45, 7) is 0. The minimum Gasteiger partial charge on any atom is -0.367 e. The highest BCUT2D eigenvalue weighted by Crippen LogP contribution is 2.50. The highest BCUT2D eigenvalue weighted by Gasteiger charge is 2.50. The number of fused-ring (bicyclic) bond motifs is 1. The van der Waals surface area contributed by atoms with E-state index in [0.29, 0.717) is 6.04 Å². The van der Waals surface area contributed by atoms with Crippen LogP contribution in [0.25, 0.3) is 0 Å². The Morgan fingerprint density at radius 3 is 2.60 bits per heavy atom. The van der Waals surface area contributed by atoms with Crippen LogP contribution in [0.2, 0.25) is 0 Å². The van der Waals surface area contributed by atoms with Gasteiger partial charge >= 0.3 is 0 Å². The van der Waals surface area contributed by atoms with Crippen molar-refractivity contribution in [1.29, 1.82) is 0 Å². The Labute approximate surface area is 98.6 Å². The molecule has 2 fully saturated rings. The van der Waals surface area contributed by atoms with Gasteiger partial charge in [-0.15, -0.1) is 0 Å². The zero-order valence-corrected chi connectivity index (χ0v) is 10.2.